The first-order valence-electron chi connectivity index (χ1n) is 6.69. The summed E-state index contributed by atoms with van der Waals surface area (Å²) in [7, 11) is 0. The normalized spacial score (nSPS) is 36.1. The molecule has 2 N–H and O–H groups in total. The summed E-state index contributed by atoms with van der Waals surface area (Å²) in [6.07, 6.45) is 4.37. The van der Waals surface area contributed by atoms with Crippen molar-refractivity contribution in [3.63, 3.8) is 0 Å². The van der Waals surface area contributed by atoms with Crippen LogP contribution in [0.25, 0.3) is 0 Å². The molecule has 0 aromatic carbocycles. The molecular weight excluding hydrogens is 218 g/mol. The highest BCUT2D eigenvalue weighted by Crippen LogP contribution is 2.41. The fourth-order valence-electron chi connectivity index (χ4n) is 3.22. The zero-order valence-electron chi connectivity index (χ0n) is 10.7. The molecule has 0 radical (unpaired) electrons. The van der Waals surface area contributed by atoms with Gasteiger partial charge in [0.25, 0.3) is 0 Å². The Morgan fingerprint density at radius 3 is 2.65 bits per heavy atom. The number of likely N-dealkylation sites (tertiary alicyclic amines) is 1. The second-order valence-corrected chi connectivity index (χ2v) is 5.74. The summed E-state index contributed by atoms with van der Waals surface area (Å²) >= 11 is 0. The van der Waals surface area contributed by atoms with Crippen molar-refractivity contribution >= 4 is 5.97 Å². The third-order valence-corrected chi connectivity index (χ3v) is 4.21. The minimum Gasteiger partial charge on any atom is -0.481 e. The summed E-state index contributed by atoms with van der Waals surface area (Å²) in [5.41, 5.74) is -1.02. The Bertz CT molecular complexity index is 303. The third kappa shape index (κ3) is 2.47. The minimum absolute atomic E-state index is 0.311. The second kappa shape index (κ2) is 4.58. The van der Waals surface area contributed by atoms with Gasteiger partial charge in [0.2, 0.25) is 0 Å². The van der Waals surface area contributed by atoms with E-state index < -0.39 is 17.5 Å². The molecule has 4 heteroatoms. The van der Waals surface area contributed by atoms with E-state index in [1.165, 1.54) is 12.8 Å². The molecule has 1 aliphatic heterocycles. The number of rotatable bonds is 5. The van der Waals surface area contributed by atoms with Crippen molar-refractivity contribution in [1.82, 2.24) is 4.90 Å². The average molecular weight is 241 g/mol. The second-order valence-electron chi connectivity index (χ2n) is 5.74. The van der Waals surface area contributed by atoms with Crippen LogP contribution < -0.4 is 0 Å². The molecule has 1 heterocycles. The number of hydrogen-bond acceptors (Lipinski definition) is 3. The van der Waals surface area contributed by atoms with Crippen LogP contribution in [0, 0.1) is 5.92 Å². The number of carboxylic acids is 1. The number of carbonyl (C=O) groups is 1. The number of aliphatic carboxylic acids is 1. The molecule has 17 heavy (non-hydrogen) atoms. The standard InChI is InChI=1S/C13H23NO3/c1-3-4-11(12(15)16)13(17)7-9(2)14(8-13)10-5-6-10/h9-11,17H,3-8H2,1-2H3,(H,15,16). The van der Waals surface area contributed by atoms with E-state index in [1.807, 2.05) is 6.92 Å². The number of carboxylic acid groups (broad SMARTS) is 1. The molecule has 0 spiro atoms. The Morgan fingerprint density at radius 2 is 2.18 bits per heavy atom. The molecular formula is C13H23NO3. The van der Waals surface area contributed by atoms with Crippen molar-refractivity contribution < 1.29 is 15.0 Å². The van der Waals surface area contributed by atoms with Gasteiger partial charge >= 0.3 is 5.97 Å². The molecule has 0 bridgehead atoms. The van der Waals surface area contributed by atoms with Crippen LogP contribution in [0.5, 0.6) is 0 Å². The van der Waals surface area contributed by atoms with Crippen molar-refractivity contribution in [3.8, 4) is 0 Å². The van der Waals surface area contributed by atoms with Crippen molar-refractivity contribution in [1.29, 1.82) is 0 Å². The monoisotopic (exact) mass is 241 g/mol. The number of nitrogens with zero attached hydrogens (tertiary/aromatic N) is 1. The minimum atomic E-state index is -1.02. The van der Waals surface area contributed by atoms with Crippen molar-refractivity contribution in [2.45, 2.75) is 63.6 Å². The van der Waals surface area contributed by atoms with Gasteiger partial charge in [-0.1, -0.05) is 13.3 Å². The Balaban J connectivity index is 2.09. The van der Waals surface area contributed by atoms with Gasteiger partial charge in [-0.3, -0.25) is 9.69 Å². The SMILES string of the molecule is CCCC(C(=O)O)C1(O)CC(C)N(C2CC2)C1. The fourth-order valence-corrected chi connectivity index (χ4v) is 3.22. The molecule has 1 saturated carbocycles. The van der Waals surface area contributed by atoms with Gasteiger partial charge in [-0.25, -0.2) is 0 Å². The quantitative estimate of drug-likeness (QED) is 0.765. The van der Waals surface area contributed by atoms with Gasteiger partial charge in [0.1, 0.15) is 0 Å². The van der Waals surface area contributed by atoms with Gasteiger partial charge in [0.05, 0.1) is 11.5 Å². The van der Waals surface area contributed by atoms with E-state index in [0.29, 0.717) is 31.5 Å². The largest absolute Gasteiger partial charge is 0.481 e. The number of β-amino-alcohol motifs (C(OH)–C–C–N with tert-alkyl or cyclic N) is 1. The smallest absolute Gasteiger partial charge is 0.309 e. The molecule has 2 fully saturated rings. The molecule has 3 atom stereocenters. The molecule has 98 valence electrons. The van der Waals surface area contributed by atoms with E-state index in [0.717, 1.165) is 6.42 Å². The zero-order valence-corrected chi connectivity index (χ0v) is 10.7. The van der Waals surface area contributed by atoms with Gasteiger partial charge in [-0.05, 0) is 32.6 Å². The van der Waals surface area contributed by atoms with Crippen LogP contribution in [0.3, 0.4) is 0 Å². The van der Waals surface area contributed by atoms with E-state index in [1.54, 1.807) is 0 Å². The summed E-state index contributed by atoms with van der Waals surface area (Å²) in [6, 6.07) is 0.904. The molecule has 3 unspecified atom stereocenters. The van der Waals surface area contributed by atoms with Crippen LogP contribution in [0.1, 0.15) is 46.0 Å². The maximum Gasteiger partial charge on any atom is 0.309 e. The van der Waals surface area contributed by atoms with E-state index in [4.69, 9.17) is 0 Å². The van der Waals surface area contributed by atoms with Crippen molar-refractivity contribution in [2.75, 3.05) is 6.54 Å². The summed E-state index contributed by atoms with van der Waals surface area (Å²) in [6.45, 7) is 4.60. The zero-order chi connectivity index (χ0) is 12.6. The topological polar surface area (TPSA) is 60.8 Å². The van der Waals surface area contributed by atoms with Gasteiger partial charge in [0, 0.05) is 18.6 Å². The van der Waals surface area contributed by atoms with Crippen LogP contribution in [-0.4, -0.2) is 45.3 Å². The van der Waals surface area contributed by atoms with E-state index >= 15 is 0 Å². The predicted octanol–water partition coefficient (Wildman–Crippen LogP) is 1.48. The summed E-state index contributed by atoms with van der Waals surface area (Å²) in [5, 5.41) is 19.9. The Hall–Kier alpha value is -0.610. The first-order chi connectivity index (χ1) is 7.98. The van der Waals surface area contributed by atoms with Crippen LogP contribution in [0.15, 0.2) is 0 Å². The van der Waals surface area contributed by atoms with Gasteiger partial charge < -0.3 is 10.2 Å². The maximum atomic E-state index is 11.3. The third-order valence-electron chi connectivity index (χ3n) is 4.21. The van der Waals surface area contributed by atoms with Gasteiger partial charge in [-0.15, -0.1) is 0 Å². The molecule has 1 saturated heterocycles. The molecule has 0 aromatic rings. The maximum absolute atomic E-state index is 11.3. The van der Waals surface area contributed by atoms with Crippen LogP contribution in [-0.2, 0) is 4.79 Å². The molecule has 0 amide bonds. The molecule has 2 aliphatic rings. The molecule has 2 rings (SSSR count). The summed E-state index contributed by atoms with van der Waals surface area (Å²) < 4.78 is 0. The predicted molar refractivity (Wildman–Crippen MR) is 64.8 cm³/mol. The van der Waals surface area contributed by atoms with E-state index in [2.05, 4.69) is 11.8 Å². The lowest BCUT2D eigenvalue weighted by Gasteiger charge is -2.29. The highest BCUT2D eigenvalue weighted by atomic mass is 16.4. The Labute approximate surface area is 103 Å². The van der Waals surface area contributed by atoms with Crippen LogP contribution >= 0.6 is 0 Å². The van der Waals surface area contributed by atoms with Gasteiger partial charge in [-0.2, -0.15) is 0 Å². The fraction of sp³-hybridized carbons (Fsp3) is 0.923. The average Bonchev–Trinajstić information content (AvgIpc) is 3.01. The number of hydrogen-bond donors (Lipinski definition) is 2. The highest BCUT2D eigenvalue weighted by molar-refractivity contribution is 5.71. The lowest BCUT2D eigenvalue weighted by atomic mass is 9.82. The first-order valence-corrected chi connectivity index (χ1v) is 6.69. The molecule has 4 nitrogen and oxygen atoms in total. The molecule has 0 aromatic heterocycles. The first kappa shape index (κ1) is 12.8. The summed E-state index contributed by atoms with van der Waals surface area (Å²) in [4.78, 5) is 13.6. The Morgan fingerprint density at radius 1 is 1.53 bits per heavy atom. The van der Waals surface area contributed by atoms with Crippen LogP contribution in [0.4, 0.5) is 0 Å². The van der Waals surface area contributed by atoms with Crippen molar-refractivity contribution in [3.05, 3.63) is 0 Å². The lowest BCUT2D eigenvalue weighted by molar-refractivity contribution is -0.152. The van der Waals surface area contributed by atoms with Crippen LogP contribution in [0.2, 0.25) is 0 Å². The lowest BCUT2D eigenvalue weighted by Crippen LogP contribution is -2.45. The van der Waals surface area contributed by atoms with E-state index in [-0.39, 0.29) is 0 Å². The number of aliphatic hydroxyl groups is 1. The van der Waals surface area contributed by atoms with E-state index in [9.17, 15) is 15.0 Å². The highest BCUT2D eigenvalue weighted by Gasteiger charge is 2.51. The van der Waals surface area contributed by atoms with Crippen molar-refractivity contribution in [2.24, 2.45) is 5.92 Å². The summed E-state index contributed by atoms with van der Waals surface area (Å²) in [5.74, 6) is -1.46. The molecule has 1 aliphatic carbocycles. The van der Waals surface area contributed by atoms with Gasteiger partial charge in [0.15, 0.2) is 0 Å². The Kier molecular flexibility index (Phi) is 3.46.